The Morgan fingerprint density at radius 2 is 2.00 bits per heavy atom. The molecule has 2 rings (SSSR count). The van der Waals surface area contributed by atoms with Crippen molar-refractivity contribution < 1.29 is 8.42 Å². The average Bonchev–Trinajstić information content (AvgIpc) is 2.79. The third-order valence-electron chi connectivity index (χ3n) is 2.54. The lowest BCUT2D eigenvalue weighted by atomic mass is 10.2. The Morgan fingerprint density at radius 3 is 2.63 bits per heavy atom. The van der Waals surface area contributed by atoms with Crippen LogP contribution in [0.1, 0.15) is 12.5 Å². The van der Waals surface area contributed by atoms with Gasteiger partial charge in [0.2, 0.25) is 10.0 Å². The van der Waals surface area contributed by atoms with E-state index in [0.29, 0.717) is 12.2 Å². The van der Waals surface area contributed by atoms with E-state index in [9.17, 15) is 8.42 Å². The van der Waals surface area contributed by atoms with Gasteiger partial charge in [0, 0.05) is 10.7 Å². The summed E-state index contributed by atoms with van der Waals surface area (Å²) in [4.78, 5) is 0. The van der Waals surface area contributed by atoms with Crippen LogP contribution in [0.3, 0.4) is 0 Å². The minimum atomic E-state index is -3.25. The van der Waals surface area contributed by atoms with Gasteiger partial charge in [0.15, 0.2) is 0 Å². The highest BCUT2D eigenvalue weighted by molar-refractivity contribution is 9.10. The van der Waals surface area contributed by atoms with Crippen LogP contribution in [0.25, 0.3) is 0 Å². The number of rotatable bonds is 5. The Morgan fingerprint density at radius 1 is 1.32 bits per heavy atom. The van der Waals surface area contributed by atoms with E-state index in [2.05, 4.69) is 25.8 Å². The number of hydrogen-bond donors (Lipinski definition) is 1. The molecule has 2 aromatic rings. The summed E-state index contributed by atoms with van der Waals surface area (Å²) < 4.78 is 28.0. The number of aromatic nitrogens is 2. The molecule has 0 atom stereocenters. The van der Waals surface area contributed by atoms with Crippen LogP contribution in [0, 0.1) is 0 Å². The third-order valence-corrected chi connectivity index (χ3v) is 4.38. The number of halogens is 1. The second kappa shape index (κ2) is 5.75. The minimum absolute atomic E-state index is 0.0465. The zero-order chi connectivity index (χ0) is 13.9. The molecule has 19 heavy (non-hydrogen) atoms. The van der Waals surface area contributed by atoms with Gasteiger partial charge in [0.25, 0.3) is 0 Å². The number of benzene rings is 1. The molecule has 1 aromatic carbocycles. The Balaban J connectivity index is 2.07. The summed E-state index contributed by atoms with van der Waals surface area (Å²) in [6.45, 7) is 2.19. The minimum Gasteiger partial charge on any atom is -0.280 e. The van der Waals surface area contributed by atoms with E-state index >= 15 is 0 Å². The SMILES string of the molecule is CCS(=O)(=O)Nc1cnn(Cc2ccc(Br)cc2)c1. The van der Waals surface area contributed by atoms with Gasteiger partial charge in [-0.25, -0.2) is 8.42 Å². The van der Waals surface area contributed by atoms with Crippen molar-refractivity contribution in [3.63, 3.8) is 0 Å². The van der Waals surface area contributed by atoms with Crippen molar-refractivity contribution in [1.29, 1.82) is 0 Å². The smallest absolute Gasteiger partial charge is 0.232 e. The molecule has 0 radical (unpaired) electrons. The molecule has 1 heterocycles. The summed E-state index contributed by atoms with van der Waals surface area (Å²) in [6.07, 6.45) is 3.18. The molecule has 102 valence electrons. The van der Waals surface area contributed by atoms with Crippen LogP contribution in [-0.4, -0.2) is 24.0 Å². The molecule has 0 aliphatic rings. The normalized spacial score (nSPS) is 11.5. The average molecular weight is 344 g/mol. The highest BCUT2D eigenvalue weighted by Gasteiger charge is 2.08. The molecule has 0 saturated carbocycles. The topological polar surface area (TPSA) is 64.0 Å². The van der Waals surface area contributed by atoms with Crippen molar-refractivity contribution in [2.24, 2.45) is 0 Å². The highest BCUT2D eigenvalue weighted by Crippen LogP contribution is 2.13. The van der Waals surface area contributed by atoms with Gasteiger partial charge in [-0.3, -0.25) is 9.40 Å². The van der Waals surface area contributed by atoms with Crippen LogP contribution in [0.15, 0.2) is 41.1 Å². The predicted molar refractivity (Wildman–Crippen MR) is 78.6 cm³/mol. The van der Waals surface area contributed by atoms with E-state index in [0.717, 1.165) is 10.0 Å². The second-order valence-electron chi connectivity index (χ2n) is 4.06. The summed E-state index contributed by atoms with van der Waals surface area (Å²) in [6, 6.07) is 7.89. The molecule has 0 amide bonds. The second-order valence-corrected chi connectivity index (χ2v) is 6.99. The Bertz CT molecular complexity index is 650. The van der Waals surface area contributed by atoms with Crippen LogP contribution in [0.2, 0.25) is 0 Å². The molecular weight excluding hydrogens is 330 g/mol. The number of hydrogen-bond acceptors (Lipinski definition) is 3. The number of anilines is 1. The van der Waals surface area contributed by atoms with Crippen LogP contribution < -0.4 is 4.72 Å². The molecule has 0 unspecified atom stereocenters. The predicted octanol–water partition coefficient (Wildman–Crippen LogP) is 2.46. The van der Waals surface area contributed by atoms with E-state index in [1.807, 2.05) is 24.3 Å². The zero-order valence-electron chi connectivity index (χ0n) is 10.4. The van der Waals surface area contributed by atoms with Gasteiger partial charge in [-0.15, -0.1) is 0 Å². The molecular formula is C12H14BrN3O2S. The standard InChI is InChI=1S/C12H14BrN3O2S/c1-2-19(17,18)15-12-7-14-16(9-12)8-10-3-5-11(13)6-4-10/h3-7,9,15H,2,8H2,1H3. The molecule has 1 N–H and O–H groups in total. The van der Waals surface area contributed by atoms with E-state index in [-0.39, 0.29) is 5.75 Å². The zero-order valence-corrected chi connectivity index (χ0v) is 12.8. The van der Waals surface area contributed by atoms with Gasteiger partial charge in [0.1, 0.15) is 0 Å². The van der Waals surface area contributed by atoms with E-state index in [1.54, 1.807) is 17.8 Å². The molecule has 0 aliphatic heterocycles. The Kier molecular flexibility index (Phi) is 4.26. The summed E-state index contributed by atoms with van der Waals surface area (Å²) in [5.74, 6) is 0.0465. The Labute approximate surface area is 120 Å². The van der Waals surface area contributed by atoms with Gasteiger partial charge in [0.05, 0.1) is 24.2 Å². The fourth-order valence-electron chi connectivity index (χ4n) is 1.53. The highest BCUT2D eigenvalue weighted by atomic mass is 79.9. The maximum absolute atomic E-state index is 11.4. The first-order chi connectivity index (χ1) is 8.98. The van der Waals surface area contributed by atoms with Gasteiger partial charge in [-0.05, 0) is 24.6 Å². The largest absolute Gasteiger partial charge is 0.280 e. The maximum atomic E-state index is 11.4. The van der Waals surface area contributed by atoms with Crippen molar-refractivity contribution in [1.82, 2.24) is 9.78 Å². The lowest BCUT2D eigenvalue weighted by Gasteiger charge is -2.03. The fourth-order valence-corrected chi connectivity index (χ4v) is 2.40. The first-order valence-electron chi connectivity index (χ1n) is 5.76. The lowest BCUT2D eigenvalue weighted by Crippen LogP contribution is -2.14. The number of sulfonamides is 1. The number of nitrogens with zero attached hydrogens (tertiary/aromatic N) is 2. The quantitative estimate of drug-likeness (QED) is 0.906. The van der Waals surface area contributed by atoms with Crippen LogP contribution in [0.5, 0.6) is 0 Å². The molecule has 5 nitrogen and oxygen atoms in total. The van der Waals surface area contributed by atoms with E-state index in [4.69, 9.17) is 0 Å². The molecule has 0 aliphatic carbocycles. The lowest BCUT2D eigenvalue weighted by molar-refractivity contribution is 0.602. The van der Waals surface area contributed by atoms with E-state index in [1.165, 1.54) is 6.20 Å². The molecule has 0 bridgehead atoms. The van der Waals surface area contributed by atoms with Gasteiger partial charge in [-0.2, -0.15) is 5.10 Å². The monoisotopic (exact) mass is 343 g/mol. The fraction of sp³-hybridized carbons (Fsp3) is 0.250. The molecule has 1 aromatic heterocycles. The van der Waals surface area contributed by atoms with Crippen molar-refractivity contribution in [3.8, 4) is 0 Å². The van der Waals surface area contributed by atoms with Crippen molar-refractivity contribution in [2.75, 3.05) is 10.5 Å². The van der Waals surface area contributed by atoms with Crippen LogP contribution in [-0.2, 0) is 16.6 Å². The maximum Gasteiger partial charge on any atom is 0.232 e. The van der Waals surface area contributed by atoms with Crippen LogP contribution in [0.4, 0.5) is 5.69 Å². The summed E-state index contributed by atoms with van der Waals surface area (Å²) in [7, 11) is -3.25. The van der Waals surface area contributed by atoms with Gasteiger partial charge in [-0.1, -0.05) is 28.1 Å². The van der Waals surface area contributed by atoms with Crippen molar-refractivity contribution >= 4 is 31.6 Å². The number of nitrogens with one attached hydrogen (secondary N) is 1. The molecule has 0 spiro atoms. The molecule has 7 heteroatoms. The van der Waals surface area contributed by atoms with Crippen molar-refractivity contribution in [3.05, 3.63) is 46.7 Å². The van der Waals surface area contributed by atoms with Crippen molar-refractivity contribution in [2.45, 2.75) is 13.5 Å². The first kappa shape index (κ1) is 14.1. The molecule has 0 fully saturated rings. The van der Waals surface area contributed by atoms with Gasteiger partial charge < -0.3 is 0 Å². The first-order valence-corrected chi connectivity index (χ1v) is 8.20. The summed E-state index contributed by atoms with van der Waals surface area (Å²) >= 11 is 3.38. The summed E-state index contributed by atoms with van der Waals surface area (Å²) in [5.41, 5.74) is 1.58. The molecule has 0 saturated heterocycles. The third kappa shape index (κ3) is 4.07. The van der Waals surface area contributed by atoms with E-state index < -0.39 is 10.0 Å². The summed E-state index contributed by atoms with van der Waals surface area (Å²) in [5, 5.41) is 4.13. The van der Waals surface area contributed by atoms with Crippen LogP contribution >= 0.6 is 15.9 Å². The van der Waals surface area contributed by atoms with Gasteiger partial charge >= 0.3 is 0 Å². The Hall–Kier alpha value is -1.34.